The Morgan fingerprint density at radius 3 is 2.77 bits per heavy atom. The van der Waals surface area contributed by atoms with Crippen molar-refractivity contribution in [2.75, 3.05) is 23.3 Å². The van der Waals surface area contributed by atoms with Crippen molar-refractivity contribution in [2.24, 2.45) is 5.92 Å². The summed E-state index contributed by atoms with van der Waals surface area (Å²) in [7, 11) is 0. The summed E-state index contributed by atoms with van der Waals surface area (Å²) in [5, 5.41) is 23.7. The zero-order valence-electron chi connectivity index (χ0n) is 13.9. The third-order valence-electron chi connectivity index (χ3n) is 4.31. The first kappa shape index (κ1) is 17.5. The van der Waals surface area contributed by atoms with E-state index in [0.29, 0.717) is 32.5 Å². The molecule has 2 aromatic rings. The van der Waals surface area contributed by atoms with Crippen molar-refractivity contribution >= 4 is 23.3 Å². The van der Waals surface area contributed by atoms with E-state index in [1.54, 1.807) is 23.4 Å². The Balaban J connectivity index is 1.80. The Bertz CT molecular complexity index is 793. The fourth-order valence-corrected chi connectivity index (χ4v) is 2.93. The maximum atomic E-state index is 11.6. The number of nitro groups is 1. The molecule has 0 aromatic carbocycles. The van der Waals surface area contributed by atoms with Crippen LogP contribution in [0.5, 0.6) is 0 Å². The van der Waals surface area contributed by atoms with Gasteiger partial charge in [-0.25, -0.2) is 9.97 Å². The highest BCUT2D eigenvalue weighted by Gasteiger charge is 2.31. The molecule has 0 spiro atoms. The average molecular weight is 358 g/mol. The number of aliphatic carboxylic acids is 1. The van der Waals surface area contributed by atoms with E-state index in [1.807, 2.05) is 6.07 Å². The largest absolute Gasteiger partial charge is 0.481 e. The molecule has 1 fully saturated rings. The monoisotopic (exact) mass is 358 g/mol. The van der Waals surface area contributed by atoms with Gasteiger partial charge in [0.05, 0.1) is 10.8 Å². The van der Waals surface area contributed by atoms with Crippen LogP contribution in [-0.2, 0) is 11.3 Å². The highest BCUT2D eigenvalue weighted by atomic mass is 16.6. The van der Waals surface area contributed by atoms with Gasteiger partial charge in [-0.3, -0.25) is 19.9 Å². The number of nitrogens with zero attached hydrogens (tertiary/aromatic N) is 5. The Labute approximate surface area is 149 Å². The van der Waals surface area contributed by atoms with Crippen molar-refractivity contribution in [3.63, 3.8) is 0 Å². The second-order valence-corrected chi connectivity index (χ2v) is 5.97. The van der Waals surface area contributed by atoms with Gasteiger partial charge in [-0.2, -0.15) is 0 Å². The van der Waals surface area contributed by atoms with Gasteiger partial charge in [-0.15, -0.1) is 0 Å². The molecule has 0 bridgehead atoms. The molecule has 1 aliphatic heterocycles. The summed E-state index contributed by atoms with van der Waals surface area (Å²) >= 11 is 0. The lowest BCUT2D eigenvalue weighted by Crippen LogP contribution is -2.37. The number of carboxylic acids is 1. The van der Waals surface area contributed by atoms with Gasteiger partial charge >= 0.3 is 11.7 Å². The molecule has 0 amide bonds. The van der Waals surface area contributed by atoms with Crippen LogP contribution >= 0.6 is 0 Å². The quantitative estimate of drug-likeness (QED) is 0.584. The lowest BCUT2D eigenvalue weighted by atomic mass is 9.97. The van der Waals surface area contributed by atoms with Gasteiger partial charge in [-0.1, -0.05) is 6.07 Å². The van der Waals surface area contributed by atoms with E-state index in [-0.39, 0.29) is 17.3 Å². The van der Waals surface area contributed by atoms with Crippen LogP contribution in [0.15, 0.2) is 30.9 Å². The SMILES string of the molecule is O=C(O)C1CCN(c2ncnc(NCc3cccnc3)c2[N+](=O)[O-])CC1. The molecule has 10 heteroatoms. The zero-order chi connectivity index (χ0) is 18.5. The number of nitrogens with one attached hydrogen (secondary N) is 1. The molecule has 0 unspecified atom stereocenters. The Morgan fingerprint density at radius 1 is 1.38 bits per heavy atom. The smallest absolute Gasteiger partial charge is 0.353 e. The first-order valence-corrected chi connectivity index (χ1v) is 8.16. The van der Waals surface area contributed by atoms with Gasteiger partial charge < -0.3 is 15.3 Å². The lowest BCUT2D eigenvalue weighted by Gasteiger charge is -2.30. The fourth-order valence-electron chi connectivity index (χ4n) is 2.93. The lowest BCUT2D eigenvalue weighted by molar-refractivity contribution is -0.383. The minimum absolute atomic E-state index is 0.129. The summed E-state index contributed by atoms with van der Waals surface area (Å²) in [5.41, 5.74) is 0.661. The Morgan fingerprint density at radius 2 is 2.15 bits per heavy atom. The van der Waals surface area contributed by atoms with E-state index >= 15 is 0 Å². The van der Waals surface area contributed by atoms with Gasteiger partial charge in [0.2, 0.25) is 11.6 Å². The minimum Gasteiger partial charge on any atom is -0.481 e. The summed E-state index contributed by atoms with van der Waals surface area (Å²) in [6.45, 7) is 1.14. The van der Waals surface area contributed by atoms with Crippen LogP contribution in [-0.4, -0.2) is 44.0 Å². The Hall–Kier alpha value is -3.30. The first-order valence-electron chi connectivity index (χ1n) is 8.16. The number of carbonyl (C=O) groups is 1. The van der Waals surface area contributed by atoms with Crippen molar-refractivity contribution in [3.8, 4) is 0 Å². The molecule has 1 aliphatic rings. The van der Waals surface area contributed by atoms with E-state index in [2.05, 4.69) is 20.3 Å². The highest BCUT2D eigenvalue weighted by Crippen LogP contribution is 2.34. The van der Waals surface area contributed by atoms with Crippen molar-refractivity contribution in [1.82, 2.24) is 15.0 Å². The average Bonchev–Trinajstić information content (AvgIpc) is 2.66. The minimum atomic E-state index is -0.833. The topological polar surface area (TPSA) is 134 Å². The first-order chi connectivity index (χ1) is 12.6. The van der Waals surface area contributed by atoms with Gasteiger partial charge in [0.15, 0.2) is 0 Å². The summed E-state index contributed by atoms with van der Waals surface area (Å²) in [5.74, 6) is -0.914. The number of aromatic nitrogens is 3. The number of anilines is 2. The third kappa shape index (κ3) is 3.85. The van der Waals surface area contributed by atoms with Crippen LogP contribution in [0.3, 0.4) is 0 Å². The number of carboxylic acid groups (broad SMARTS) is 1. The van der Waals surface area contributed by atoms with Crippen molar-refractivity contribution in [1.29, 1.82) is 0 Å². The molecular formula is C16H18N6O4. The molecule has 2 N–H and O–H groups in total. The van der Waals surface area contributed by atoms with Crippen LogP contribution in [0.2, 0.25) is 0 Å². The second kappa shape index (κ2) is 7.72. The highest BCUT2D eigenvalue weighted by molar-refractivity contribution is 5.72. The number of hydrogen-bond donors (Lipinski definition) is 2. The van der Waals surface area contributed by atoms with E-state index in [1.165, 1.54) is 6.33 Å². The van der Waals surface area contributed by atoms with Crippen molar-refractivity contribution in [3.05, 3.63) is 46.5 Å². The molecule has 136 valence electrons. The van der Waals surface area contributed by atoms with E-state index in [4.69, 9.17) is 5.11 Å². The van der Waals surface area contributed by atoms with Gasteiger partial charge in [0.25, 0.3) is 0 Å². The number of hydrogen-bond acceptors (Lipinski definition) is 8. The maximum Gasteiger partial charge on any atom is 0.353 e. The molecule has 0 atom stereocenters. The molecule has 2 aromatic heterocycles. The molecule has 10 nitrogen and oxygen atoms in total. The van der Waals surface area contributed by atoms with Crippen molar-refractivity contribution in [2.45, 2.75) is 19.4 Å². The maximum absolute atomic E-state index is 11.6. The van der Waals surface area contributed by atoms with Crippen LogP contribution in [0.25, 0.3) is 0 Å². The van der Waals surface area contributed by atoms with Gasteiger partial charge in [-0.05, 0) is 24.5 Å². The van der Waals surface area contributed by atoms with Gasteiger partial charge in [0.1, 0.15) is 6.33 Å². The predicted molar refractivity (Wildman–Crippen MR) is 92.8 cm³/mol. The molecule has 0 saturated carbocycles. The standard InChI is InChI=1S/C16H18N6O4/c23-16(24)12-3-6-21(7-4-12)15-13(22(25)26)14(19-10-20-15)18-9-11-2-1-5-17-8-11/h1-2,5,8,10,12H,3-4,6-7,9H2,(H,23,24)(H,18,19,20). The molecule has 1 saturated heterocycles. The van der Waals surface area contributed by atoms with Crippen LogP contribution in [0.4, 0.5) is 17.3 Å². The Kier molecular flexibility index (Phi) is 5.20. The normalized spacial score (nSPS) is 14.8. The van der Waals surface area contributed by atoms with Crippen LogP contribution in [0, 0.1) is 16.0 Å². The second-order valence-electron chi connectivity index (χ2n) is 5.97. The predicted octanol–water partition coefficient (Wildman–Crippen LogP) is 1.69. The summed E-state index contributed by atoms with van der Waals surface area (Å²) in [6, 6.07) is 3.63. The number of piperidine rings is 1. The third-order valence-corrected chi connectivity index (χ3v) is 4.31. The van der Waals surface area contributed by atoms with E-state index in [0.717, 1.165) is 5.56 Å². The van der Waals surface area contributed by atoms with Gasteiger partial charge in [0, 0.05) is 32.0 Å². The molecular weight excluding hydrogens is 340 g/mol. The van der Waals surface area contributed by atoms with E-state index in [9.17, 15) is 14.9 Å². The fraction of sp³-hybridized carbons (Fsp3) is 0.375. The molecule has 26 heavy (non-hydrogen) atoms. The van der Waals surface area contributed by atoms with Crippen LogP contribution in [0.1, 0.15) is 18.4 Å². The van der Waals surface area contributed by atoms with Crippen molar-refractivity contribution < 1.29 is 14.8 Å². The molecule has 0 radical (unpaired) electrons. The summed E-state index contributed by atoms with van der Waals surface area (Å²) in [4.78, 5) is 36.0. The molecule has 3 heterocycles. The molecule has 3 rings (SSSR count). The summed E-state index contributed by atoms with van der Waals surface area (Å²) in [6.07, 6.45) is 5.44. The summed E-state index contributed by atoms with van der Waals surface area (Å²) < 4.78 is 0. The zero-order valence-corrected chi connectivity index (χ0v) is 13.9. The molecule has 0 aliphatic carbocycles. The number of rotatable bonds is 6. The van der Waals surface area contributed by atoms with E-state index < -0.39 is 16.8 Å². The number of pyridine rings is 1. The van der Waals surface area contributed by atoms with Crippen LogP contribution < -0.4 is 10.2 Å².